The first-order valence-corrected chi connectivity index (χ1v) is 13.6. The third kappa shape index (κ3) is 7.89. The van der Waals surface area contributed by atoms with Gasteiger partial charge in [-0.3, -0.25) is 4.79 Å². The second kappa shape index (κ2) is 13.2. The number of esters is 1. The predicted molar refractivity (Wildman–Crippen MR) is 156 cm³/mol. The van der Waals surface area contributed by atoms with Gasteiger partial charge in [-0.05, 0) is 80.8 Å². The Morgan fingerprint density at radius 1 is 1.05 bits per heavy atom. The lowest BCUT2D eigenvalue weighted by Crippen LogP contribution is -2.32. The Balaban J connectivity index is 1.63. The predicted octanol–water partition coefficient (Wildman–Crippen LogP) is 6.17. The van der Waals surface area contributed by atoms with Crippen molar-refractivity contribution in [1.29, 1.82) is 5.26 Å². The second-order valence-corrected chi connectivity index (χ2v) is 10.7. The number of carbonyl (C=O) groups excluding carboxylic acids is 2. The number of rotatable bonds is 10. The van der Waals surface area contributed by atoms with Crippen LogP contribution in [0.25, 0.3) is 22.1 Å². The first-order valence-electron chi connectivity index (χ1n) is 13.6. The maximum atomic E-state index is 12.2. The Hall–Kier alpha value is -4.81. The van der Waals surface area contributed by atoms with Gasteiger partial charge in [0.1, 0.15) is 35.9 Å². The number of aliphatic hydroxyl groups is 1. The van der Waals surface area contributed by atoms with Crippen molar-refractivity contribution in [1.82, 2.24) is 5.32 Å². The zero-order valence-electron chi connectivity index (χ0n) is 24.2. The van der Waals surface area contributed by atoms with Crippen molar-refractivity contribution in [3.63, 3.8) is 0 Å². The second-order valence-electron chi connectivity index (χ2n) is 10.7. The largest absolute Gasteiger partial charge is 0.489 e. The number of nitrogens with one attached hydrogen (secondary N) is 1. The van der Waals surface area contributed by atoms with Crippen LogP contribution in [0.5, 0.6) is 5.75 Å². The fourth-order valence-corrected chi connectivity index (χ4v) is 4.41. The molecule has 0 aliphatic carbocycles. The molecule has 0 atom stereocenters. The molecule has 4 rings (SSSR count). The molecule has 9 heteroatoms. The molecular formula is C33H34N2O7. The molecule has 0 saturated heterocycles. The van der Waals surface area contributed by atoms with Crippen LogP contribution in [0.2, 0.25) is 0 Å². The highest BCUT2D eigenvalue weighted by molar-refractivity contribution is 5.93. The van der Waals surface area contributed by atoms with E-state index in [1.54, 1.807) is 52.0 Å². The van der Waals surface area contributed by atoms with E-state index in [0.717, 1.165) is 27.6 Å². The number of ether oxygens (including phenoxy) is 3. The maximum absolute atomic E-state index is 12.2. The monoisotopic (exact) mass is 570 g/mol. The van der Waals surface area contributed by atoms with Gasteiger partial charge in [0, 0.05) is 23.1 Å². The van der Waals surface area contributed by atoms with Crippen LogP contribution in [0.4, 0.5) is 4.79 Å². The van der Waals surface area contributed by atoms with Crippen LogP contribution in [0, 0.1) is 11.3 Å². The van der Waals surface area contributed by atoms with Crippen LogP contribution in [-0.2, 0) is 40.4 Å². The molecular weight excluding hydrogens is 536 g/mol. The standard InChI is InChI=1S/C33H34N2O7/c1-5-39-30(37)16-25-10-9-21(17-34)14-29(25)40-20-23-12-26-15-27(19-36)41-31(26)28(13-23)24-8-6-7-22(11-24)18-35-32(38)42-33(2,3)4/h6-15,36H,5,16,18-20H2,1-4H3,(H,35,38). The summed E-state index contributed by atoms with van der Waals surface area (Å²) in [5, 5.41) is 22.7. The topological polar surface area (TPSA) is 131 Å². The van der Waals surface area contributed by atoms with Crippen molar-refractivity contribution in [3.05, 3.63) is 88.7 Å². The molecule has 0 spiro atoms. The van der Waals surface area contributed by atoms with Gasteiger partial charge in [-0.15, -0.1) is 0 Å². The summed E-state index contributed by atoms with van der Waals surface area (Å²) in [4.78, 5) is 24.3. The molecule has 0 fully saturated rings. The number of amides is 1. The summed E-state index contributed by atoms with van der Waals surface area (Å²) in [6.45, 7) is 7.60. The molecule has 0 unspecified atom stereocenters. The van der Waals surface area contributed by atoms with Crippen LogP contribution in [0.3, 0.4) is 0 Å². The number of nitrogens with zero attached hydrogens (tertiary/aromatic N) is 1. The lowest BCUT2D eigenvalue weighted by Gasteiger charge is -2.19. The van der Waals surface area contributed by atoms with Crippen molar-refractivity contribution in [2.75, 3.05) is 6.61 Å². The highest BCUT2D eigenvalue weighted by atomic mass is 16.6. The lowest BCUT2D eigenvalue weighted by molar-refractivity contribution is -0.142. The van der Waals surface area contributed by atoms with Gasteiger partial charge in [0.25, 0.3) is 0 Å². The van der Waals surface area contributed by atoms with E-state index in [2.05, 4.69) is 11.4 Å². The van der Waals surface area contributed by atoms with Crippen LogP contribution in [-0.4, -0.2) is 29.4 Å². The molecule has 0 radical (unpaired) electrons. The number of nitriles is 1. The van der Waals surface area contributed by atoms with Crippen molar-refractivity contribution < 1.29 is 33.3 Å². The minimum absolute atomic E-state index is 0.0187. The molecule has 0 saturated carbocycles. The minimum atomic E-state index is -0.598. The van der Waals surface area contributed by atoms with Crippen molar-refractivity contribution in [2.24, 2.45) is 0 Å². The van der Waals surface area contributed by atoms with E-state index in [9.17, 15) is 20.0 Å². The maximum Gasteiger partial charge on any atom is 0.407 e. The molecule has 4 aromatic rings. The lowest BCUT2D eigenvalue weighted by atomic mass is 9.99. The number of furan rings is 1. The summed E-state index contributed by atoms with van der Waals surface area (Å²) in [7, 11) is 0. The molecule has 2 N–H and O–H groups in total. The van der Waals surface area contributed by atoms with Gasteiger partial charge in [0.15, 0.2) is 0 Å². The van der Waals surface area contributed by atoms with Gasteiger partial charge in [0.05, 0.1) is 24.7 Å². The summed E-state index contributed by atoms with van der Waals surface area (Å²) in [5.41, 5.74) is 4.33. The highest BCUT2D eigenvalue weighted by Gasteiger charge is 2.17. The van der Waals surface area contributed by atoms with E-state index < -0.39 is 11.7 Å². The van der Waals surface area contributed by atoms with Crippen LogP contribution < -0.4 is 10.1 Å². The SMILES string of the molecule is CCOC(=O)Cc1ccc(C#N)cc1OCc1cc(-c2cccc(CNC(=O)OC(C)(C)C)c2)c2oc(CO)cc2c1. The van der Waals surface area contributed by atoms with Crippen molar-refractivity contribution in [2.45, 2.75) is 59.5 Å². The van der Waals surface area contributed by atoms with Gasteiger partial charge in [0.2, 0.25) is 0 Å². The number of hydrogen-bond donors (Lipinski definition) is 2. The van der Waals surface area contributed by atoms with Gasteiger partial charge in [-0.1, -0.05) is 24.3 Å². The average molecular weight is 571 g/mol. The zero-order valence-corrected chi connectivity index (χ0v) is 24.2. The molecule has 0 aliphatic heterocycles. The molecule has 218 valence electrons. The fourth-order valence-electron chi connectivity index (χ4n) is 4.41. The first kappa shape index (κ1) is 30.2. The summed E-state index contributed by atoms with van der Waals surface area (Å²) in [6.07, 6.45) is -0.485. The van der Waals surface area contributed by atoms with E-state index in [4.69, 9.17) is 18.6 Å². The third-order valence-corrected chi connectivity index (χ3v) is 6.19. The van der Waals surface area contributed by atoms with E-state index in [0.29, 0.717) is 28.2 Å². The number of hydrogen-bond acceptors (Lipinski definition) is 8. The Kier molecular flexibility index (Phi) is 9.50. The Morgan fingerprint density at radius 3 is 2.57 bits per heavy atom. The highest BCUT2D eigenvalue weighted by Crippen LogP contribution is 2.34. The number of fused-ring (bicyclic) bond motifs is 1. The molecule has 1 heterocycles. The molecule has 42 heavy (non-hydrogen) atoms. The summed E-state index contributed by atoms with van der Waals surface area (Å²) in [5.74, 6) is 0.458. The van der Waals surface area contributed by atoms with Gasteiger partial charge in [-0.25, -0.2) is 4.79 Å². The molecule has 3 aromatic carbocycles. The Bertz CT molecular complexity index is 1630. The first-order chi connectivity index (χ1) is 20.1. The number of carbonyl (C=O) groups is 2. The van der Waals surface area contributed by atoms with Crippen LogP contribution in [0.15, 0.2) is 65.1 Å². The average Bonchev–Trinajstić information content (AvgIpc) is 3.38. The number of alkyl carbamates (subject to hydrolysis) is 1. The quantitative estimate of drug-likeness (QED) is 0.216. The van der Waals surface area contributed by atoms with Crippen molar-refractivity contribution in [3.8, 4) is 22.9 Å². The summed E-state index contributed by atoms with van der Waals surface area (Å²) in [6, 6.07) is 20.3. The summed E-state index contributed by atoms with van der Waals surface area (Å²) < 4.78 is 22.5. The van der Waals surface area contributed by atoms with Gasteiger partial charge in [-0.2, -0.15) is 5.26 Å². The normalized spacial score (nSPS) is 11.1. The van der Waals surface area contributed by atoms with E-state index >= 15 is 0 Å². The van der Waals surface area contributed by atoms with Gasteiger partial charge >= 0.3 is 12.1 Å². The number of benzene rings is 3. The molecule has 1 aromatic heterocycles. The molecule has 0 bridgehead atoms. The summed E-state index contributed by atoms with van der Waals surface area (Å²) >= 11 is 0. The number of aliphatic hydroxyl groups excluding tert-OH is 1. The fraction of sp³-hybridized carbons (Fsp3) is 0.303. The van der Waals surface area contributed by atoms with Crippen molar-refractivity contribution >= 4 is 23.0 Å². The van der Waals surface area contributed by atoms with Gasteiger partial charge < -0.3 is 29.1 Å². The molecule has 9 nitrogen and oxygen atoms in total. The zero-order chi connectivity index (χ0) is 30.3. The van der Waals surface area contributed by atoms with E-state index in [1.807, 2.05) is 36.4 Å². The molecule has 0 aliphatic rings. The Morgan fingerprint density at radius 2 is 1.86 bits per heavy atom. The van der Waals surface area contributed by atoms with Crippen LogP contribution in [0.1, 0.15) is 55.7 Å². The van der Waals surface area contributed by atoms with E-state index in [1.165, 1.54) is 0 Å². The smallest absolute Gasteiger partial charge is 0.407 e. The minimum Gasteiger partial charge on any atom is -0.489 e. The van der Waals surface area contributed by atoms with Crippen LogP contribution >= 0.6 is 0 Å². The third-order valence-electron chi connectivity index (χ3n) is 6.19. The Labute approximate surface area is 244 Å². The molecule has 1 amide bonds. The van der Waals surface area contributed by atoms with E-state index in [-0.39, 0.29) is 38.8 Å².